The van der Waals surface area contributed by atoms with Gasteiger partial charge in [0.1, 0.15) is 0 Å². The van der Waals surface area contributed by atoms with Crippen LogP contribution in [0.25, 0.3) is 0 Å². The molecule has 0 aliphatic heterocycles. The summed E-state index contributed by atoms with van der Waals surface area (Å²) in [5, 5.41) is 0. The molecular weight excluding hydrogens is 188 g/mol. The van der Waals surface area contributed by atoms with Gasteiger partial charge in [-0.3, -0.25) is 0 Å². The molecular formula is C9H19CuO. The molecule has 0 heterocycles. The Balaban J connectivity index is 2.69. The van der Waals surface area contributed by atoms with Gasteiger partial charge in [0.2, 0.25) is 0 Å². The average Bonchev–Trinajstić information content (AvgIpc) is 2.03. The van der Waals surface area contributed by atoms with Crippen LogP contribution in [0, 0.1) is 0 Å². The molecule has 0 aliphatic rings. The van der Waals surface area contributed by atoms with Gasteiger partial charge in [0.25, 0.3) is 0 Å². The zero-order valence-corrected chi connectivity index (χ0v) is 8.31. The van der Waals surface area contributed by atoms with E-state index in [0.29, 0.717) is 0 Å². The van der Waals surface area contributed by atoms with Gasteiger partial charge in [-0.05, 0) is 0 Å². The summed E-state index contributed by atoms with van der Waals surface area (Å²) >= 11 is 4.50. The predicted molar refractivity (Wildman–Crippen MR) is 43.9 cm³/mol. The van der Waals surface area contributed by atoms with E-state index in [9.17, 15) is 0 Å². The van der Waals surface area contributed by atoms with Crippen LogP contribution < -0.4 is 0 Å². The van der Waals surface area contributed by atoms with E-state index in [1.807, 2.05) is 0 Å². The van der Waals surface area contributed by atoms with Gasteiger partial charge in [0.05, 0.1) is 0 Å². The fourth-order valence-electron chi connectivity index (χ4n) is 1.10. The second kappa shape index (κ2) is 10.5. The van der Waals surface area contributed by atoms with E-state index < -0.39 is 0 Å². The Morgan fingerprint density at radius 2 is 1.45 bits per heavy atom. The van der Waals surface area contributed by atoms with E-state index in [-0.39, 0.29) is 0 Å². The van der Waals surface area contributed by atoms with E-state index in [2.05, 4.69) is 27.1 Å². The van der Waals surface area contributed by atoms with Crippen molar-refractivity contribution in [2.24, 2.45) is 0 Å². The summed E-state index contributed by atoms with van der Waals surface area (Å²) in [6.45, 7) is 2.98. The van der Waals surface area contributed by atoms with Gasteiger partial charge in [-0.15, -0.1) is 0 Å². The Morgan fingerprint density at radius 1 is 0.909 bits per heavy atom. The van der Waals surface area contributed by atoms with Gasteiger partial charge in [0.15, 0.2) is 0 Å². The summed E-state index contributed by atoms with van der Waals surface area (Å²) in [5.41, 5.74) is 0. The van der Waals surface area contributed by atoms with Crippen LogP contribution in [-0.2, 0) is 20.2 Å². The predicted octanol–water partition coefficient (Wildman–Crippen LogP) is 3.22. The average molecular weight is 207 g/mol. The summed E-state index contributed by atoms with van der Waals surface area (Å²) in [6, 6.07) is 0. The molecule has 0 aromatic rings. The van der Waals surface area contributed by atoms with Gasteiger partial charge in [-0.25, -0.2) is 0 Å². The fraction of sp³-hybridized carbons (Fsp3) is 1.00. The van der Waals surface area contributed by atoms with Crippen molar-refractivity contribution in [1.82, 2.24) is 0 Å². The van der Waals surface area contributed by atoms with Gasteiger partial charge in [-0.2, -0.15) is 0 Å². The third-order valence-electron chi connectivity index (χ3n) is 1.81. The molecule has 0 unspecified atom stereocenters. The molecule has 0 amide bonds. The van der Waals surface area contributed by atoms with Crippen molar-refractivity contribution in [2.75, 3.05) is 6.61 Å². The summed E-state index contributed by atoms with van der Waals surface area (Å²) < 4.78 is 4.53. The van der Waals surface area contributed by atoms with E-state index in [4.69, 9.17) is 0 Å². The molecule has 0 rings (SSSR count). The number of hydrogen-bond donors (Lipinski definition) is 0. The summed E-state index contributed by atoms with van der Waals surface area (Å²) in [5.74, 6) is 0. The monoisotopic (exact) mass is 206 g/mol. The molecule has 0 saturated carbocycles. The van der Waals surface area contributed by atoms with Gasteiger partial charge in [0, 0.05) is 0 Å². The molecule has 72 valence electrons. The third kappa shape index (κ3) is 10.5. The van der Waals surface area contributed by atoms with Crippen molar-refractivity contribution in [2.45, 2.75) is 51.9 Å². The van der Waals surface area contributed by atoms with Gasteiger partial charge < -0.3 is 0 Å². The molecule has 0 aliphatic carbocycles. The van der Waals surface area contributed by atoms with Crippen LogP contribution in [0.15, 0.2) is 0 Å². The second-order valence-corrected chi connectivity index (χ2v) is 3.18. The van der Waals surface area contributed by atoms with Crippen LogP contribution in [-0.4, -0.2) is 6.61 Å². The van der Waals surface area contributed by atoms with Crippen LogP contribution in [0.1, 0.15) is 51.9 Å². The molecule has 0 spiro atoms. The molecule has 0 aromatic carbocycles. The Labute approximate surface area is 79.0 Å². The minimum absolute atomic E-state index is 0.744. The molecule has 2 heteroatoms. The van der Waals surface area contributed by atoms with Crippen LogP contribution in [0.3, 0.4) is 0 Å². The maximum atomic E-state index is 4.53. The fourth-order valence-corrected chi connectivity index (χ4v) is 1.24. The van der Waals surface area contributed by atoms with Gasteiger partial charge in [-0.1, -0.05) is 0 Å². The molecule has 0 radical (unpaired) electrons. The third-order valence-corrected chi connectivity index (χ3v) is 2.00. The van der Waals surface area contributed by atoms with Crippen molar-refractivity contribution in [3.63, 3.8) is 0 Å². The molecule has 1 nitrogen and oxygen atoms in total. The van der Waals surface area contributed by atoms with Crippen molar-refractivity contribution >= 4 is 0 Å². The van der Waals surface area contributed by atoms with E-state index in [0.717, 1.165) is 13.0 Å². The first-order chi connectivity index (χ1) is 5.41. The zero-order chi connectivity index (χ0) is 8.36. The number of unbranched alkanes of at least 4 members (excludes halogenated alkanes) is 6. The number of rotatable bonds is 8. The first-order valence-electron chi connectivity index (χ1n) is 4.62. The molecule has 11 heavy (non-hydrogen) atoms. The van der Waals surface area contributed by atoms with Crippen LogP contribution >= 0.6 is 0 Å². The number of hydrogen-bond acceptors (Lipinski definition) is 1. The first kappa shape index (κ1) is 11.5. The molecule has 0 aromatic heterocycles. The normalized spacial score (nSPS) is 10.5. The topological polar surface area (TPSA) is 9.23 Å². The van der Waals surface area contributed by atoms with Crippen molar-refractivity contribution < 1.29 is 20.2 Å². The Hall–Kier alpha value is 0.479. The Bertz CT molecular complexity index is 58.6. The summed E-state index contributed by atoms with van der Waals surface area (Å²) in [4.78, 5) is 0. The van der Waals surface area contributed by atoms with Crippen LogP contribution in [0.5, 0.6) is 0 Å². The quantitative estimate of drug-likeness (QED) is 0.438. The van der Waals surface area contributed by atoms with Crippen LogP contribution in [0.4, 0.5) is 0 Å². The summed E-state index contributed by atoms with van der Waals surface area (Å²) in [6.07, 6.45) is 9.23. The molecule has 0 fully saturated rings. The molecule has 0 saturated heterocycles. The first-order valence-corrected chi connectivity index (χ1v) is 5.00. The van der Waals surface area contributed by atoms with E-state index in [1.54, 1.807) is 0 Å². The minimum atomic E-state index is 0.744. The Morgan fingerprint density at radius 3 is 2.00 bits per heavy atom. The second-order valence-electron chi connectivity index (χ2n) is 2.91. The van der Waals surface area contributed by atoms with E-state index >= 15 is 0 Å². The standard InChI is InChI=1S/C9H19O.Cu/c1-2-3-4-5-6-7-8-9-10;/h2-9H2,1H3;/q-1;+1. The van der Waals surface area contributed by atoms with Gasteiger partial charge >= 0.3 is 78.6 Å². The zero-order valence-electron chi connectivity index (χ0n) is 7.37. The van der Waals surface area contributed by atoms with Crippen molar-refractivity contribution in [3.05, 3.63) is 0 Å². The summed E-state index contributed by atoms with van der Waals surface area (Å²) in [7, 11) is 0. The molecule has 0 atom stereocenters. The SMILES string of the molecule is CCCCCCCCC[O][Cu]. The van der Waals surface area contributed by atoms with Crippen molar-refractivity contribution in [1.29, 1.82) is 0 Å². The van der Waals surface area contributed by atoms with E-state index in [1.165, 1.54) is 38.5 Å². The molecule has 0 bridgehead atoms. The Kier molecular flexibility index (Phi) is 10.9. The maximum absolute atomic E-state index is 4.53. The van der Waals surface area contributed by atoms with Crippen LogP contribution in [0.2, 0.25) is 0 Å². The van der Waals surface area contributed by atoms with Crippen molar-refractivity contribution in [3.8, 4) is 0 Å². The molecule has 0 N–H and O–H groups in total.